The molecule has 1 N–H and O–H groups in total. The van der Waals surface area contributed by atoms with Gasteiger partial charge in [0.05, 0.1) is 5.92 Å². The van der Waals surface area contributed by atoms with Crippen molar-refractivity contribution in [3.63, 3.8) is 0 Å². The molecule has 0 aromatic heterocycles. The van der Waals surface area contributed by atoms with E-state index in [1.54, 1.807) is 0 Å². The van der Waals surface area contributed by atoms with Crippen LogP contribution in [0.15, 0.2) is 0 Å². The number of nitrogens with zero attached hydrogens (tertiary/aromatic N) is 1. The molecule has 2 aliphatic rings. The minimum Gasteiger partial charge on any atom is -0.315 e. The Labute approximate surface area is 101 Å². The van der Waals surface area contributed by atoms with Crippen LogP contribution in [0.2, 0.25) is 0 Å². The maximum atomic E-state index is 12.7. The van der Waals surface area contributed by atoms with E-state index in [0.29, 0.717) is 12.5 Å². The van der Waals surface area contributed by atoms with E-state index in [-0.39, 0.29) is 13.1 Å². The molecule has 1 saturated carbocycles. The van der Waals surface area contributed by atoms with Crippen molar-refractivity contribution in [3.05, 3.63) is 0 Å². The fourth-order valence-corrected chi connectivity index (χ4v) is 2.59. The van der Waals surface area contributed by atoms with Crippen molar-refractivity contribution in [2.75, 3.05) is 32.7 Å². The van der Waals surface area contributed by atoms with Crippen LogP contribution in [-0.2, 0) is 0 Å². The number of nitrogens with one attached hydrogen (secondary N) is 1. The Hall–Kier alpha value is -0.290. The summed E-state index contributed by atoms with van der Waals surface area (Å²) in [5.41, 5.74) is 0. The van der Waals surface area contributed by atoms with Crippen LogP contribution in [0.4, 0.5) is 13.2 Å². The first-order chi connectivity index (χ1) is 7.97. The van der Waals surface area contributed by atoms with Crippen molar-refractivity contribution in [2.24, 2.45) is 17.8 Å². The summed E-state index contributed by atoms with van der Waals surface area (Å²) < 4.78 is 38.2. The molecule has 0 aromatic rings. The van der Waals surface area contributed by atoms with E-state index in [1.165, 1.54) is 12.8 Å². The van der Waals surface area contributed by atoms with Gasteiger partial charge < -0.3 is 10.2 Å². The molecule has 2 rings (SSSR count). The number of hydrogen-bond donors (Lipinski definition) is 1. The highest BCUT2D eigenvalue weighted by molar-refractivity contribution is 4.84. The second kappa shape index (κ2) is 5.14. The van der Waals surface area contributed by atoms with Gasteiger partial charge in [-0.05, 0) is 24.7 Å². The maximum Gasteiger partial charge on any atom is 0.394 e. The molecule has 0 aromatic carbocycles. The quantitative estimate of drug-likeness (QED) is 0.825. The second-order valence-corrected chi connectivity index (χ2v) is 5.52. The molecule has 2 nitrogen and oxygen atoms in total. The second-order valence-electron chi connectivity index (χ2n) is 5.52. The molecule has 0 radical (unpaired) electrons. The Balaban J connectivity index is 1.87. The molecule has 5 heteroatoms. The molecule has 100 valence electrons. The van der Waals surface area contributed by atoms with Gasteiger partial charge in [0.25, 0.3) is 0 Å². The van der Waals surface area contributed by atoms with Crippen LogP contribution in [0.25, 0.3) is 0 Å². The third-order valence-corrected chi connectivity index (χ3v) is 3.91. The summed E-state index contributed by atoms with van der Waals surface area (Å²) in [5.74, 6) is 0.0916. The van der Waals surface area contributed by atoms with E-state index >= 15 is 0 Å². The Bertz CT molecular complexity index is 251. The molecule has 1 aliphatic heterocycles. The zero-order valence-electron chi connectivity index (χ0n) is 10.3. The molecule has 0 amide bonds. The molecule has 2 atom stereocenters. The summed E-state index contributed by atoms with van der Waals surface area (Å²) in [6.07, 6.45) is -1.55. The minimum atomic E-state index is -4.07. The summed E-state index contributed by atoms with van der Waals surface area (Å²) in [4.78, 5) is 1.99. The Morgan fingerprint density at radius 3 is 2.65 bits per heavy atom. The fourth-order valence-electron chi connectivity index (χ4n) is 2.59. The van der Waals surface area contributed by atoms with E-state index in [0.717, 1.165) is 19.0 Å². The van der Waals surface area contributed by atoms with Crippen LogP contribution in [0.5, 0.6) is 0 Å². The lowest BCUT2D eigenvalue weighted by atomic mass is 10.0. The third kappa shape index (κ3) is 3.85. The van der Waals surface area contributed by atoms with Gasteiger partial charge in [-0.3, -0.25) is 0 Å². The molecular formula is C12H21F3N2. The molecule has 1 aliphatic carbocycles. The molecule has 1 saturated heterocycles. The topological polar surface area (TPSA) is 15.3 Å². The van der Waals surface area contributed by atoms with Gasteiger partial charge in [-0.1, -0.05) is 6.92 Å². The molecule has 2 fully saturated rings. The van der Waals surface area contributed by atoms with Crippen molar-refractivity contribution in [3.8, 4) is 0 Å². The van der Waals surface area contributed by atoms with E-state index in [4.69, 9.17) is 0 Å². The lowest BCUT2D eigenvalue weighted by molar-refractivity contribution is -0.176. The summed E-state index contributed by atoms with van der Waals surface area (Å²) in [6, 6.07) is 0. The summed E-state index contributed by atoms with van der Waals surface area (Å²) >= 11 is 0. The molecule has 0 bridgehead atoms. The van der Waals surface area contributed by atoms with E-state index in [1.807, 2.05) is 4.90 Å². The monoisotopic (exact) mass is 250 g/mol. The van der Waals surface area contributed by atoms with Crippen LogP contribution in [0.1, 0.15) is 19.8 Å². The predicted molar refractivity (Wildman–Crippen MR) is 60.7 cm³/mol. The molecular weight excluding hydrogens is 229 g/mol. The largest absolute Gasteiger partial charge is 0.394 e. The highest BCUT2D eigenvalue weighted by Gasteiger charge is 2.41. The SMILES string of the molecule is CC(CN1CCNCC(C(F)(F)F)C1)C1CC1. The van der Waals surface area contributed by atoms with Gasteiger partial charge in [0, 0.05) is 32.7 Å². The number of alkyl halides is 3. The average molecular weight is 250 g/mol. The number of rotatable bonds is 3. The third-order valence-electron chi connectivity index (χ3n) is 3.91. The van der Waals surface area contributed by atoms with Gasteiger partial charge >= 0.3 is 6.18 Å². The molecule has 1 heterocycles. The zero-order valence-corrected chi connectivity index (χ0v) is 10.3. The minimum absolute atomic E-state index is 0.0673. The first-order valence-corrected chi connectivity index (χ1v) is 6.46. The number of halogens is 3. The van der Waals surface area contributed by atoms with Crippen LogP contribution in [0, 0.1) is 17.8 Å². The van der Waals surface area contributed by atoms with Gasteiger partial charge in [0.2, 0.25) is 0 Å². The van der Waals surface area contributed by atoms with E-state index < -0.39 is 12.1 Å². The summed E-state index contributed by atoms with van der Waals surface area (Å²) in [7, 11) is 0. The fraction of sp³-hybridized carbons (Fsp3) is 1.00. The van der Waals surface area contributed by atoms with Gasteiger partial charge in [0.1, 0.15) is 0 Å². The van der Waals surface area contributed by atoms with Crippen LogP contribution in [0.3, 0.4) is 0 Å². The highest BCUT2D eigenvalue weighted by atomic mass is 19.4. The lowest BCUT2D eigenvalue weighted by Crippen LogP contribution is -2.39. The first-order valence-electron chi connectivity index (χ1n) is 6.46. The summed E-state index contributed by atoms with van der Waals surface area (Å²) in [5, 5.41) is 2.89. The average Bonchev–Trinajstić information content (AvgIpc) is 3.03. The van der Waals surface area contributed by atoms with Crippen molar-refractivity contribution < 1.29 is 13.2 Å². The smallest absolute Gasteiger partial charge is 0.315 e. The zero-order chi connectivity index (χ0) is 12.5. The Kier molecular flexibility index (Phi) is 3.98. The van der Waals surface area contributed by atoms with E-state index in [2.05, 4.69) is 12.2 Å². The number of hydrogen-bond acceptors (Lipinski definition) is 2. The maximum absolute atomic E-state index is 12.7. The van der Waals surface area contributed by atoms with Crippen LogP contribution in [-0.4, -0.2) is 43.8 Å². The van der Waals surface area contributed by atoms with Gasteiger partial charge in [0.15, 0.2) is 0 Å². The van der Waals surface area contributed by atoms with Gasteiger partial charge in [-0.15, -0.1) is 0 Å². The van der Waals surface area contributed by atoms with E-state index in [9.17, 15) is 13.2 Å². The van der Waals surface area contributed by atoms with Crippen LogP contribution < -0.4 is 5.32 Å². The van der Waals surface area contributed by atoms with Crippen molar-refractivity contribution in [1.82, 2.24) is 10.2 Å². The van der Waals surface area contributed by atoms with Gasteiger partial charge in [-0.2, -0.15) is 13.2 Å². The van der Waals surface area contributed by atoms with Crippen molar-refractivity contribution >= 4 is 0 Å². The summed E-state index contributed by atoms with van der Waals surface area (Å²) in [6.45, 7) is 4.62. The molecule has 2 unspecified atom stereocenters. The first kappa shape index (κ1) is 13.1. The Morgan fingerprint density at radius 1 is 1.35 bits per heavy atom. The van der Waals surface area contributed by atoms with Crippen molar-refractivity contribution in [1.29, 1.82) is 0 Å². The normalized spacial score (nSPS) is 30.0. The molecule has 0 spiro atoms. The Morgan fingerprint density at radius 2 is 2.06 bits per heavy atom. The predicted octanol–water partition coefficient (Wildman–Crippen LogP) is 2.12. The van der Waals surface area contributed by atoms with Gasteiger partial charge in [-0.25, -0.2) is 0 Å². The standard InChI is InChI=1S/C12H21F3N2/c1-9(10-2-3-10)7-17-5-4-16-6-11(8-17)12(13,14)15/h9-11,16H,2-8H2,1H3. The lowest BCUT2D eigenvalue weighted by Gasteiger charge is -2.27. The molecule has 17 heavy (non-hydrogen) atoms. The van der Waals surface area contributed by atoms with Crippen LogP contribution >= 0.6 is 0 Å². The van der Waals surface area contributed by atoms with Crippen molar-refractivity contribution in [2.45, 2.75) is 25.9 Å². The highest BCUT2D eigenvalue weighted by Crippen LogP contribution is 2.37.